The van der Waals surface area contributed by atoms with E-state index in [0.29, 0.717) is 33.7 Å². The van der Waals surface area contributed by atoms with Crippen LogP contribution in [0.15, 0.2) is 76.5 Å². The van der Waals surface area contributed by atoms with E-state index in [1.165, 1.54) is 17.8 Å². The number of carbonyl (C=O) groups is 1. The smallest absolute Gasteiger partial charge is 0.253 e. The van der Waals surface area contributed by atoms with Crippen molar-refractivity contribution in [3.05, 3.63) is 83.9 Å². The van der Waals surface area contributed by atoms with E-state index < -0.39 is 0 Å². The number of benzene rings is 2. The van der Waals surface area contributed by atoms with Gasteiger partial charge in [-0.05, 0) is 54.8 Å². The molecule has 0 saturated carbocycles. The molecule has 1 aliphatic rings. The van der Waals surface area contributed by atoms with Gasteiger partial charge in [0.25, 0.3) is 5.91 Å². The van der Waals surface area contributed by atoms with Crippen LogP contribution >= 0.6 is 11.8 Å². The van der Waals surface area contributed by atoms with Gasteiger partial charge in [-0.25, -0.2) is 4.39 Å². The predicted molar refractivity (Wildman–Crippen MR) is 120 cm³/mol. The van der Waals surface area contributed by atoms with Gasteiger partial charge in [-0.3, -0.25) is 9.36 Å². The summed E-state index contributed by atoms with van der Waals surface area (Å²) in [5, 5.41) is 9.10. The Kier molecular flexibility index (Phi) is 5.77. The molecule has 1 aliphatic heterocycles. The SMILES string of the molecule is O=C(c1ccc(CSc2nnc(-c3ccco3)n2-c2ccccc2F)cc1)N1CCCC1. The van der Waals surface area contributed by atoms with Crippen molar-refractivity contribution in [1.82, 2.24) is 19.7 Å². The Bertz CT molecular complexity index is 1220. The number of hydrogen-bond donors (Lipinski definition) is 0. The van der Waals surface area contributed by atoms with Crippen molar-refractivity contribution in [2.75, 3.05) is 13.1 Å². The fourth-order valence-electron chi connectivity index (χ4n) is 3.77. The number of para-hydroxylation sites is 1. The number of carbonyl (C=O) groups excluding carboxylic acids is 1. The normalized spacial score (nSPS) is 13.6. The molecular formula is C24H21FN4O2S. The number of aromatic nitrogens is 3. The van der Waals surface area contributed by atoms with Crippen molar-refractivity contribution in [2.24, 2.45) is 0 Å². The Morgan fingerprint density at radius 1 is 1.00 bits per heavy atom. The number of rotatable bonds is 6. The van der Waals surface area contributed by atoms with Gasteiger partial charge in [0, 0.05) is 24.4 Å². The maximum atomic E-state index is 14.6. The molecule has 6 nitrogen and oxygen atoms in total. The third-order valence-corrected chi connectivity index (χ3v) is 6.43. The molecule has 3 heterocycles. The van der Waals surface area contributed by atoms with Crippen LogP contribution in [0.25, 0.3) is 17.3 Å². The first kappa shape index (κ1) is 20.5. The van der Waals surface area contributed by atoms with Crippen LogP contribution in [-0.2, 0) is 5.75 Å². The third kappa shape index (κ3) is 4.05. The van der Waals surface area contributed by atoms with Crippen molar-refractivity contribution in [3.8, 4) is 17.3 Å². The number of amides is 1. The maximum Gasteiger partial charge on any atom is 0.253 e. The zero-order valence-corrected chi connectivity index (χ0v) is 18.1. The lowest BCUT2D eigenvalue weighted by atomic mass is 10.1. The van der Waals surface area contributed by atoms with Crippen molar-refractivity contribution in [3.63, 3.8) is 0 Å². The first-order chi connectivity index (χ1) is 15.7. The van der Waals surface area contributed by atoms with Crippen molar-refractivity contribution in [2.45, 2.75) is 23.8 Å². The van der Waals surface area contributed by atoms with Gasteiger partial charge in [0.05, 0.1) is 12.0 Å². The van der Waals surface area contributed by atoms with Crippen LogP contribution in [0.5, 0.6) is 0 Å². The minimum atomic E-state index is -0.369. The number of hydrogen-bond acceptors (Lipinski definition) is 5. The summed E-state index contributed by atoms with van der Waals surface area (Å²) in [6.07, 6.45) is 3.69. The summed E-state index contributed by atoms with van der Waals surface area (Å²) in [5.74, 6) is 1.27. The molecule has 162 valence electrons. The lowest BCUT2D eigenvalue weighted by Crippen LogP contribution is -2.27. The number of furan rings is 1. The average Bonchev–Trinajstić information content (AvgIpc) is 3.60. The average molecular weight is 449 g/mol. The van der Waals surface area contributed by atoms with Gasteiger partial charge in [-0.2, -0.15) is 0 Å². The summed E-state index contributed by atoms with van der Waals surface area (Å²) in [4.78, 5) is 14.4. The van der Waals surface area contributed by atoms with E-state index in [2.05, 4.69) is 10.2 Å². The van der Waals surface area contributed by atoms with Crippen LogP contribution in [0.1, 0.15) is 28.8 Å². The number of likely N-dealkylation sites (tertiary alicyclic amines) is 1. The highest BCUT2D eigenvalue weighted by atomic mass is 32.2. The minimum absolute atomic E-state index is 0.0871. The summed E-state index contributed by atoms with van der Waals surface area (Å²) in [5.41, 5.74) is 2.10. The second-order valence-electron chi connectivity index (χ2n) is 7.56. The number of nitrogens with zero attached hydrogens (tertiary/aromatic N) is 4. The fourth-order valence-corrected chi connectivity index (χ4v) is 4.67. The van der Waals surface area contributed by atoms with E-state index in [9.17, 15) is 9.18 Å². The molecule has 4 aromatic rings. The molecule has 1 amide bonds. The second-order valence-corrected chi connectivity index (χ2v) is 8.50. The van der Waals surface area contributed by atoms with Crippen LogP contribution < -0.4 is 0 Å². The number of halogens is 1. The first-order valence-corrected chi connectivity index (χ1v) is 11.4. The molecule has 5 rings (SSSR count). The van der Waals surface area contributed by atoms with Gasteiger partial charge < -0.3 is 9.32 Å². The fraction of sp³-hybridized carbons (Fsp3) is 0.208. The molecule has 8 heteroatoms. The van der Waals surface area contributed by atoms with Crippen LogP contribution in [0.4, 0.5) is 4.39 Å². The van der Waals surface area contributed by atoms with E-state index in [-0.39, 0.29) is 11.7 Å². The molecule has 0 N–H and O–H groups in total. The highest BCUT2D eigenvalue weighted by Gasteiger charge is 2.21. The van der Waals surface area contributed by atoms with Gasteiger partial charge >= 0.3 is 0 Å². The van der Waals surface area contributed by atoms with E-state index >= 15 is 0 Å². The summed E-state index contributed by atoms with van der Waals surface area (Å²) in [7, 11) is 0. The van der Waals surface area contributed by atoms with Crippen molar-refractivity contribution >= 4 is 17.7 Å². The van der Waals surface area contributed by atoms with Crippen molar-refractivity contribution < 1.29 is 13.6 Å². The lowest BCUT2D eigenvalue weighted by molar-refractivity contribution is 0.0793. The monoisotopic (exact) mass is 448 g/mol. The molecule has 0 atom stereocenters. The Morgan fingerprint density at radius 2 is 1.78 bits per heavy atom. The van der Waals surface area contributed by atoms with Gasteiger partial charge in [0.1, 0.15) is 5.82 Å². The predicted octanol–water partition coefficient (Wildman–Crippen LogP) is 5.19. The standard InChI is InChI=1S/C24H21FN4O2S/c25-19-6-1-2-7-20(19)29-22(21-8-5-15-31-21)26-27-24(29)32-16-17-9-11-18(12-10-17)23(30)28-13-3-4-14-28/h1-2,5-12,15H,3-4,13-14,16H2. The Hall–Kier alpha value is -3.39. The topological polar surface area (TPSA) is 64.2 Å². The highest BCUT2D eigenvalue weighted by Crippen LogP contribution is 2.31. The maximum absolute atomic E-state index is 14.6. The first-order valence-electron chi connectivity index (χ1n) is 10.5. The molecule has 0 bridgehead atoms. The highest BCUT2D eigenvalue weighted by molar-refractivity contribution is 7.98. The van der Waals surface area contributed by atoms with Crippen molar-refractivity contribution in [1.29, 1.82) is 0 Å². The second kappa shape index (κ2) is 9.00. The molecule has 0 radical (unpaired) electrons. The van der Waals surface area contributed by atoms with E-state index in [0.717, 1.165) is 31.5 Å². The van der Waals surface area contributed by atoms with Gasteiger partial charge in [-0.15, -0.1) is 10.2 Å². The van der Waals surface area contributed by atoms with Gasteiger partial charge in [0.2, 0.25) is 5.82 Å². The Balaban J connectivity index is 1.38. The summed E-state index contributed by atoms with van der Waals surface area (Å²) in [6.45, 7) is 1.67. The molecule has 0 spiro atoms. The largest absolute Gasteiger partial charge is 0.461 e. The molecule has 2 aromatic heterocycles. The molecule has 2 aromatic carbocycles. The minimum Gasteiger partial charge on any atom is -0.461 e. The summed E-state index contributed by atoms with van der Waals surface area (Å²) >= 11 is 1.45. The van der Waals surface area contributed by atoms with E-state index in [1.54, 1.807) is 41.2 Å². The molecule has 1 saturated heterocycles. The quantitative estimate of drug-likeness (QED) is 0.380. The summed E-state index contributed by atoms with van der Waals surface area (Å²) in [6, 6.07) is 17.7. The Labute approximate surface area is 189 Å². The molecule has 0 unspecified atom stereocenters. The molecular weight excluding hydrogens is 427 g/mol. The van der Waals surface area contributed by atoms with Crippen LogP contribution in [0.2, 0.25) is 0 Å². The zero-order chi connectivity index (χ0) is 21.9. The van der Waals surface area contributed by atoms with Crippen LogP contribution in [0, 0.1) is 5.82 Å². The summed E-state index contributed by atoms with van der Waals surface area (Å²) < 4.78 is 21.8. The molecule has 1 fully saturated rings. The zero-order valence-electron chi connectivity index (χ0n) is 17.3. The Morgan fingerprint density at radius 3 is 2.50 bits per heavy atom. The van der Waals surface area contributed by atoms with Gasteiger partial charge in [-0.1, -0.05) is 36.0 Å². The number of thioether (sulfide) groups is 1. The lowest BCUT2D eigenvalue weighted by Gasteiger charge is -2.15. The van der Waals surface area contributed by atoms with Crippen LogP contribution in [0.3, 0.4) is 0 Å². The van der Waals surface area contributed by atoms with Gasteiger partial charge in [0.15, 0.2) is 10.9 Å². The molecule has 32 heavy (non-hydrogen) atoms. The van der Waals surface area contributed by atoms with Crippen LogP contribution in [-0.4, -0.2) is 38.7 Å². The van der Waals surface area contributed by atoms with E-state index in [4.69, 9.17) is 4.42 Å². The molecule has 0 aliphatic carbocycles. The van der Waals surface area contributed by atoms with E-state index in [1.807, 2.05) is 29.2 Å². The third-order valence-electron chi connectivity index (χ3n) is 5.43.